The molecule has 0 aliphatic heterocycles. The van der Waals surface area contributed by atoms with Crippen molar-refractivity contribution in [1.82, 2.24) is 10.2 Å². The van der Waals surface area contributed by atoms with Gasteiger partial charge < -0.3 is 4.74 Å². The van der Waals surface area contributed by atoms with Gasteiger partial charge in [-0.25, -0.2) is 0 Å². The molecule has 2 rings (SSSR count). The molecule has 1 heterocycles. The van der Waals surface area contributed by atoms with Crippen LogP contribution in [0, 0.1) is 5.92 Å². The number of rotatable bonds is 4. The van der Waals surface area contributed by atoms with Gasteiger partial charge in [-0.1, -0.05) is 37.5 Å². The van der Waals surface area contributed by atoms with Crippen molar-refractivity contribution in [2.45, 2.75) is 51.7 Å². The average Bonchev–Trinajstić information content (AvgIpc) is 2.73. The smallest absolute Gasteiger partial charge is 0.207 e. The first-order valence-corrected chi connectivity index (χ1v) is 7.08. The predicted octanol–water partition coefficient (Wildman–Crippen LogP) is 3.68. The number of aromatic nitrogens is 2. The monoisotopic (exact) mass is 260 g/mol. The summed E-state index contributed by atoms with van der Waals surface area (Å²) < 4.78 is 6.43. The lowest BCUT2D eigenvalue weighted by Crippen LogP contribution is -2.27. The summed E-state index contributed by atoms with van der Waals surface area (Å²) in [5.41, 5.74) is 0. The van der Waals surface area contributed by atoms with E-state index < -0.39 is 0 Å². The van der Waals surface area contributed by atoms with Crippen LogP contribution in [0.5, 0.6) is 0 Å². The van der Waals surface area contributed by atoms with Crippen LogP contribution in [0.15, 0.2) is 0 Å². The molecule has 3 nitrogen and oxygen atoms in total. The van der Waals surface area contributed by atoms with Crippen LogP contribution < -0.4 is 0 Å². The second-order valence-electron chi connectivity index (χ2n) is 4.25. The summed E-state index contributed by atoms with van der Waals surface area (Å²) in [5, 5.41) is 8.62. The second kappa shape index (κ2) is 5.94. The van der Waals surface area contributed by atoms with Crippen LogP contribution in [0.1, 0.15) is 44.0 Å². The van der Waals surface area contributed by atoms with E-state index in [1.165, 1.54) is 43.4 Å². The van der Waals surface area contributed by atoms with Crippen molar-refractivity contribution in [3.05, 3.63) is 9.47 Å². The molecule has 0 spiro atoms. The van der Waals surface area contributed by atoms with E-state index in [2.05, 4.69) is 17.1 Å². The molecule has 1 aliphatic rings. The minimum absolute atomic E-state index is 0.404. The first kappa shape index (κ1) is 12.3. The van der Waals surface area contributed by atoms with Crippen LogP contribution in [0.4, 0.5) is 0 Å². The molecule has 16 heavy (non-hydrogen) atoms. The minimum atomic E-state index is 0.404. The highest BCUT2D eigenvalue weighted by Crippen LogP contribution is 2.30. The molecular weight excluding hydrogens is 244 g/mol. The predicted molar refractivity (Wildman–Crippen MR) is 65.7 cm³/mol. The van der Waals surface area contributed by atoms with Gasteiger partial charge in [-0.3, -0.25) is 0 Å². The first-order valence-electron chi connectivity index (χ1n) is 5.89. The number of hydrogen-bond donors (Lipinski definition) is 0. The van der Waals surface area contributed by atoms with Gasteiger partial charge >= 0.3 is 0 Å². The number of ether oxygens (including phenoxy) is 1. The van der Waals surface area contributed by atoms with E-state index in [-0.39, 0.29) is 0 Å². The maximum Gasteiger partial charge on any atom is 0.207 e. The summed E-state index contributed by atoms with van der Waals surface area (Å²) in [6.07, 6.45) is 6.74. The summed E-state index contributed by atoms with van der Waals surface area (Å²) in [4.78, 5) is 0. The van der Waals surface area contributed by atoms with Crippen LogP contribution in [0.2, 0.25) is 4.47 Å². The highest BCUT2D eigenvalue weighted by atomic mass is 35.5. The van der Waals surface area contributed by atoms with Gasteiger partial charge in [0.15, 0.2) is 0 Å². The molecule has 0 saturated heterocycles. The Bertz CT molecular complexity index is 332. The maximum absolute atomic E-state index is 5.94. The summed E-state index contributed by atoms with van der Waals surface area (Å²) in [6, 6.07) is 0. The van der Waals surface area contributed by atoms with E-state index in [0.29, 0.717) is 17.2 Å². The fourth-order valence-corrected chi connectivity index (χ4v) is 3.12. The summed E-state index contributed by atoms with van der Waals surface area (Å²) >= 11 is 7.13. The largest absolute Gasteiger partial charge is 0.371 e. The Kier molecular flexibility index (Phi) is 4.55. The normalized spacial score (nSPS) is 25.9. The molecule has 1 fully saturated rings. The fraction of sp³-hybridized carbons (Fsp3) is 0.818. The number of halogens is 1. The van der Waals surface area contributed by atoms with Crippen molar-refractivity contribution in [3.8, 4) is 0 Å². The fourth-order valence-electron chi connectivity index (χ4n) is 2.33. The highest BCUT2D eigenvalue weighted by molar-refractivity contribution is 7.15. The van der Waals surface area contributed by atoms with E-state index in [0.717, 1.165) is 10.9 Å². The molecule has 2 unspecified atom stereocenters. The van der Waals surface area contributed by atoms with Gasteiger partial charge in [0.1, 0.15) is 11.6 Å². The van der Waals surface area contributed by atoms with E-state index >= 15 is 0 Å². The molecule has 5 heteroatoms. The van der Waals surface area contributed by atoms with Gasteiger partial charge in [-0.15, -0.1) is 10.2 Å². The van der Waals surface area contributed by atoms with Crippen LogP contribution in [-0.2, 0) is 11.3 Å². The Morgan fingerprint density at radius 1 is 1.38 bits per heavy atom. The van der Waals surface area contributed by atoms with Crippen molar-refractivity contribution in [3.63, 3.8) is 0 Å². The summed E-state index contributed by atoms with van der Waals surface area (Å²) in [6.45, 7) is 2.81. The molecule has 1 aromatic rings. The molecule has 0 aromatic carbocycles. The standard InChI is InChI=1S/C11H17ClN2OS/c1-2-8-5-3-4-6-9(8)15-7-10-13-14-11(12)16-10/h8-9H,2-7H2,1H3. The lowest BCUT2D eigenvalue weighted by molar-refractivity contribution is -0.0224. The van der Waals surface area contributed by atoms with Crippen molar-refractivity contribution < 1.29 is 4.74 Å². The zero-order valence-electron chi connectivity index (χ0n) is 9.49. The van der Waals surface area contributed by atoms with E-state index in [4.69, 9.17) is 16.3 Å². The molecule has 0 bridgehead atoms. The molecule has 0 radical (unpaired) electrons. The second-order valence-corrected chi connectivity index (χ2v) is 5.90. The van der Waals surface area contributed by atoms with E-state index in [1.807, 2.05) is 0 Å². The number of nitrogens with zero attached hydrogens (tertiary/aromatic N) is 2. The van der Waals surface area contributed by atoms with Crippen molar-refractivity contribution in [1.29, 1.82) is 0 Å². The first-order chi connectivity index (χ1) is 7.79. The molecular formula is C11H17ClN2OS. The zero-order chi connectivity index (χ0) is 11.4. The summed E-state index contributed by atoms with van der Waals surface area (Å²) in [5.74, 6) is 0.720. The van der Waals surface area contributed by atoms with E-state index in [9.17, 15) is 0 Å². The van der Waals surface area contributed by atoms with Crippen LogP contribution >= 0.6 is 22.9 Å². The Morgan fingerprint density at radius 2 is 2.19 bits per heavy atom. The topological polar surface area (TPSA) is 35.0 Å². The number of hydrogen-bond acceptors (Lipinski definition) is 4. The van der Waals surface area contributed by atoms with Crippen LogP contribution in [0.25, 0.3) is 0 Å². The van der Waals surface area contributed by atoms with Gasteiger partial charge in [-0.2, -0.15) is 0 Å². The van der Waals surface area contributed by atoms with Gasteiger partial charge in [0.05, 0.1) is 6.10 Å². The van der Waals surface area contributed by atoms with E-state index in [1.54, 1.807) is 0 Å². The zero-order valence-corrected chi connectivity index (χ0v) is 11.1. The lowest BCUT2D eigenvalue weighted by Gasteiger charge is -2.30. The van der Waals surface area contributed by atoms with Gasteiger partial charge in [0.25, 0.3) is 0 Å². The minimum Gasteiger partial charge on any atom is -0.371 e. The molecule has 0 N–H and O–H groups in total. The third kappa shape index (κ3) is 3.15. The Hall–Kier alpha value is -0.190. The Balaban J connectivity index is 1.84. The van der Waals surface area contributed by atoms with Crippen LogP contribution in [-0.4, -0.2) is 16.3 Å². The third-order valence-corrected chi connectivity index (χ3v) is 4.22. The molecule has 1 aromatic heterocycles. The third-order valence-electron chi connectivity index (χ3n) is 3.23. The van der Waals surface area contributed by atoms with Crippen molar-refractivity contribution in [2.75, 3.05) is 0 Å². The SMILES string of the molecule is CCC1CCCCC1OCc1nnc(Cl)s1. The maximum atomic E-state index is 5.94. The summed E-state index contributed by atoms with van der Waals surface area (Å²) in [7, 11) is 0. The Labute approximate surface area is 105 Å². The van der Waals surface area contributed by atoms with Crippen molar-refractivity contribution >= 4 is 22.9 Å². The van der Waals surface area contributed by atoms with Crippen LogP contribution in [0.3, 0.4) is 0 Å². The van der Waals surface area contributed by atoms with Gasteiger partial charge in [-0.05, 0) is 30.4 Å². The molecule has 2 atom stereocenters. The molecule has 1 saturated carbocycles. The average molecular weight is 261 g/mol. The lowest BCUT2D eigenvalue weighted by atomic mass is 9.85. The van der Waals surface area contributed by atoms with Crippen molar-refractivity contribution in [2.24, 2.45) is 5.92 Å². The highest BCUT2D eigenvalue weighted by Gasteiger charge is 2.24. The quantitative estimate of drug-likeness (QED) is 0.828. The molecule has 0 amide bonds. The Morgan fingerprint density at radius 3 is 2.88 bits per heavy atom. The molecule has 90 valence electrons. The molecule has 1 aliphatic carbocycles. The van der Waals surface area contributed by atoms with Gasteiger partial charge in [0, 0.05) is 0 Å². The van der Waals surface area contributed by atoms with Gasteiger partial charge in [0.2, 0.25) is 4.47 Å².